The van der Waals surface area contributed by atoms with Crippen LogP contribution in [0.15, 0.2) is 12.1 Å². The predicted molar refractivity (Wildman–Crippen MR) is 86.2 cm³/mol. The van der Waals surface area contributed by atoms with E-state index in [2.05, 4.69) is 19.2 Å². The van der Waals surface area contributed by atoms with E-state index in [9.17, 15) is 4.79 Å². The van der Waals surface area contributed by atoms with Gasteiger partial charge in [0.25, 0.3) is 0 Å². The number of Topliss-reactive ketones (excluding diaryl/α,β-unsaturated/α-hetero) is 1. The van der Waals surface area contributed by atoms with Crippen LogP contribution in [0.25, 0.3) is 0 Å². The summed E-state index contributed by atoms with van der Waals surface area (Å²) in [6, 6.07) is 3.95. The highest BCUT2D eigenvalue weighted by molar-refractivity contribution is 6.01. The van der Waals surface area contributed by atoms with E-state index in [0.717, 1.165) is 48.4 Å². The van der Waals surface area contributed by atoms with Crippen molar-refractivity contribution in [1.29, 1.82) is 0 Å². The average molecular weight is 289 g/mol. The van der Waals surface area contributed by atoms with Gasteiger partial charge in [0, 0.05) is 11.0 Å². The van der Waals surface area contributed by atoms with E-state index < -0.39 is 0 Å². The smallest absolute Gasteiger partial charge is 0.169 e. The molecule has 1 aromatic carbocycles. The molecule has 1 heterocycles. The number of carbonyl (C=O) groups is 1. The molecule has 1 unspecified atom stereocenters. The molecule has 2 rings (SSSR count). The molecule has 3 heteroatoms. The monoisotopic (exact) mass is 289 g/mol. The summed E-state index contributed by atoms with van der Waals surface area (Å²) in [5, 5.41) is 3.42. The normalized spacial score (nSPS) is 19.4. The van der Waals surface area contributed by atoms with E-state index in [4.69, 9.17) is 4.74 Å². The highest BCUT2D eigenvalue weighted by Gasteiger charge is 2.38. The molecule has 0 bridgehead atoms. The number of benzene rings is 1. The molecule has 0 amide bonds. The van der Waals surface area contributed by atoms with E-state index in [1.165, 1.54) is 0 Å². The molecule has 1 fully saturated rings. The molecular formula is C18H27NO2. The summed E-state index contributed by atoms with van der Waals surface area (Å²) in [5.74, 6) is 1.50. The second kappa shape index (κ2) is 6.18. The fourth-order valence-electron chi connectivity index (χ4n) is 3.25. The molecule has 1 aromatic rings. The first-order valence-corrected chi connectivity index (χ1v) is 7.78. The summed E-state index contributed by atoms with van der Waals surface area (Å²) >= 11 is 0. The molecular weight excluding hydrogens is 262 g/mol. The van der Waals surface area contributed by atoms with Crippen molar-refractivity contribution in [3.8, 4) is 5.75 Å². The van der Waals surface area contributed by atoms with Gasteiger partial charge in [0.1, 0.15) is 5.75 Å². The number of ether oxygens (including phenoxy) is 1. The molecule has 3 nitrogen and oxygen atoms in total. The first-order valence-electron chi connectivity index (χ1n) is 7.78. The Labute approximate surface area is 128 Å². The Bertz CT molecular complexity index is 528. The standard InChI is InChI=1S/C18H27NO2/c1-12-10-16(21-5)13(2)9-15(12)17(20)18(3,4)14-7-6-8-19-11-14/h9-10,14,19H,6-8,11H2,1-5H3. The van der Waals surface area contributed by atoms with E-state index >= 15 is 0 Å². The molecule has 0 saturated carbocycles. The van der Waals surface area contributed by atoms with Crippen LogP contribution in [-0.4, -0.2) is 26.0 Å². The van der Waals surface area contributed by atoms with Crippen LogP contribution in [0, 0.1) is 25.2 Å². The van der Waals surface area contributed by atoms with Gasteiger partial charge >= 0.3 is 0 Å². The predicted octanol–water partition coefficient (Wildman–Crippen LogP) is 3.52. The van der Waals surface area contributed by atoms with E-state index in [1.54, 1.807) is 7.11 Å². The van der Waals surface area contributed by atoms with Crippen LogP contribution in [-0.2, 0) is 0 Å². The topological polar surface area (TPSA) is 38.3 Å². The summed E-state index contributed by atoms with van der Waals surface area (Å²) in [6.45, 7) is 10.2. The minimum Gasteiger partial charge on any atom is -0.496 e. The zero-order valence-electron chi connectivity index (χ0n) is 13.9. The quantitative estimate of drug-likeness (QED) is 0.862. The van der Waals surface area contributed by atoms with E-state index in [1.807, 2.05) is 26.0 Å². The van der Waals surface area contributed by atoms with Crippen molar-refractivity contribution in [1.82, 2.24) is 5.32 Å². The minimum absolute atomic E-state index is 0.249. The van der Waals surface area contributed by atoms with Crippen LogP contribution in [0.2, 0.25) is 0 Å². The Kier molecular flexibility index (Phi) is 4.72. The molecule has 0 aliphatic carbocycles. The van der Waals surface area contributed by atoms with Gasteiger partial charge in [-0.25, -0.2) is 0 Å². The molecule has 1 aliphatic heterocycles. The molecule has 1 aliphatic rings. The molecule has 0 aromatic heterocycles. The van der Waals surface area contributed by atoms with Crippen molar-refractivity contribution in [3.63, 3.8) is 0 Å². The number of nitrogens with one attached hydrogen (secondary N) is 1. The molecule has 116 valence electrons. The third kappa shape index (κ3) is 3.13. The maximum absolute atomic E-state index is 13.1. The van der Waals surface area contributed by atoms with Gasteiger partial charge in [-0.05, 0) is 69.0 Å². The number of hydrogen-bond donors (Lipinski definition) is 1. The number of piperidine rings is 1. The number of ketones is 1. The van der Waals surface area contributed by atoms with Gasteiger partial charge in [0.15, 0.2) is 5.78 Å². The van der Waals surface area contributed by atoms with E-state index in [-0.39, 0.29) is 11.2 Å². The third-order valence-corrected chi connectivity index (χ3v) is 4.89. The SMILES string of the molecule is COc1cc(C)c(C(=O)C(C)(C)C2CCCNC2)cc1C. The lowest BCUT2D eigenvalue weighted by molar-refractivity contribution is 0.0707. The van der Waals surface area contributed by atoms with Gasteiger partial charge in [-0.1, -0.05) is 13.8 Å². The van der Waals surface area contributed by atoms with Crippen LogP contribution in [0.3, 0.4) is 0 Å². The molecule has 1 saturated heterocycles. The molecule has 0 radical (unpaired) electrons. The fraction of sp³-hybridized carbons (Fsp3) is 0.611. The number of rotatable bonds is 4. The van der Waals surface area contributed by atoms with Crippen LogP contribution >= 0.6 is 0 Å². The fourth-order valence-corrected chi connectivity index (χ4v) is 3.25. The van der Waals surface area contributed by atoms with Crippen molar-refractivity contribution < 1.29 is 9.53 Å². The maximum atomic E-state index is 13.1. The first kappa shape index (κ1) is 16.0. The lowest BCUT2D eigenvalue weighted by Gasteiger charge is -2.36. The Morgan fingerprint density at radius 2 is 2.00 bits per heavy atom. The van der Waals surface area contributed by atoms with Crippen molar-refractivity contribution in [2.75, 3.05) is 20.2 Å². The van der Waals surface area contributed by atoms with E-state index in [0.29, 0.717) is 5.92 Å². The second-order valence-corrected chi connectivity index (χ2v) is 6.73. The summed E-state index contributed by atoms with van der Waals surface area (Å²) in [6.07, 6.45) is 2.28. The van der Waals surface area contributed by atoms with Crippen LogP contribution in [0.1, 0.15) is 48.2 Å². The highest BCUT2D eigenvalue weighted by Crippen LogP contribution is 2.36. The van der Waals surface area contributed by atoms with Crippen LogP contribution in [0.4, 0.5) is 0 Å². The zero-order chi connectivity index (χ0) is 15.6. The third-order valence-electron chi connectivity index (χ3n) is 4.89. The number of hydrogen-bond acceptors (Lipinski definition) is 3. The van der Waals surface area contributed by atoms with Crippen LogP contribution < -0.4 is 10.1 Å². The first-order chi connectivity index (χ1) is 9.87. The Morgan fingerprint density at radius 1 is 1.29 bits per heavy atom. The van der Waals surface area contributed by atoms with Crippen molar-refractivity contribution in [2.45, 2.75) is 40.5 Å². The van der Waals surface area contributed by atoms with Crippen molar-refractivity contribution >= 4 is 5.78 Å². The Hall–Kier alpha value is -1.35. The lowest BCUT2D eigenvalue weighted by atomic mass is 9.70. The summed E-state index contributed by atoms with van der Waals surface area (Å²) in [4.78, 5) is 13.1. The van der Waals surface area contributed by atoms with Crippen LogP contribution in [0.5, 0.6) is 5.75 Å². The molecule has 0 spiro atoms. The van der Waals surface area contributed by atoms with Gasteiger partial charge in [-0.3, -0.25) is 4.79 Å². The number of carbonyl (C=O) groups excluding carboxylic acids is 1. The molecule has 1 N–H and O–H groups in total. The van der Waals surface area contributed by atoms with Crippen molar-refractivity contribution in [2.24, 2.45) is 11.3 Å². The van der Waals surface area contributed by atoms with Gasteiger partial charge < -0.3 is 10.1 Å². The number of methoxy groups -OCH3 is 1. The number of aryl methyl sites for hydroxylation is 2. The molecule has 21 heavy (non-hydrogen) atoms. The Balaban J connectivity index is 2.32. The second-order valence-electron chi connectivity index (χ2n) is 6.73. The summed E-state index contributed by atoms with van der Waals surface area (Å²) in [5.41, 5.74) is 2.52. The largest absolute Gasteiger partial charge is 0.496 e. The van der Waals surface area contributed by atoms with Gasteiger partial charge in [0.2, 0.25) is 0 Å². The summed E-state index contributed by atoms with van der Waals surface area (Å²) < 4.78 is 5.34. The minimum atomic E-state index is -0.334. The average Bonchev–Trinajstić information content (AvgIpc) is 2.49. The van der Waals surface area contributed by atoms with Gasteiger partial charge in [-0.2, -0.15) is 0 Å². The zero-order valence-corrected chi connectivity index (χ0v) is 13.9. The molecule has 1 atom stereocenters. The maximum Gasteiger partial charge on any atom is 0.169 e. The van der Waals surface area contributed by atoms with Gasteiger partial charge in [-0.15, -0.1) is 0 Å². The Morgan fingerprint density at radius 3 is 2.57 bits per heavy atom. The van der Waals surface area contributed by atoms with Crippen molar-refractivity contribution in [3.05, 3.63) is 28.8 Å². The summed E-state index contributed by atoms with van der Waals surface area (Å²) in [7, 11) is 1.67. The van der Waals surface area contributed by atoms with Gasteiger partial charge in [0.05, 0.1) is 7.11 Å². The lowest BCUT2D eigenvalue weighted by Crippen LogP contribution is -2.42. The highest BCUT2D eigenvalue weighted by atomic mass is 16.5.